The number of rotatable bonds is 4. The van der Waals surface area contributed by atoms with E-state index in [-0.39, 0.29) is 22.3 Å². The Labute approximate surface area is 175 Å². The second-order valence-electron chi connectivity index (χ2n) is 6.00. The first-order chi connectivity index (χ1) is 14.0. The molecule has 3 aromatic rings. The average Bonchev–Trinajstić information content (AvgIpc) is 2.64. The van der Waals surface area contributed by atoms with Gasteiger partial charge in [-0.05, 0) is 6.92 Å². The Bertz CT molecular complexity index is 1180. The molecule has 0 amide bonds. The van der Waals surface area contributed by atoms with E-state index in [2.05, 4.69) is 9.97 Å². The van der Waals surface area contributed by atoms with Crippen LogP contribution < -0.4 is 10.3 Å². The fraction of sp³-hybridized carbons (Fsp3) is 0.167. The summed E-state index contributed by atoms with van der Waals surface area (Å²) in [7, 11) is 0. The number of aromatic nitrogens is 3. The van der Waals surface area contributed by atoms with Crippen LogP contribution in [0.1, 0.15) is 17.0 Å². The lowest BCUT2D eigenvalue weighted by Crippen LogP contribution is -2.25. The standard InChI is InChI=1S/C18H10Cl2F5N3O2/c1-8-2-14(30-7-12-11(22)3-9(21)5-26-12)16(20)17(29)28(8)13-4-15(19)27-6-10(13)18(23,24)25/h2-6H,7H2,1H3. The summed E-state index contributed by atoms with van der Waals surface area (Å²) in [6.45, 7) is 0.847. The van der Waals surface area contributed by atoms with E-state index >= 15 is 0 Å². The van der Waals surface area contributed by atoms with Crippen LogP contribution in [0.15, 0.2) is 35.4 Å². The van der Waals surface area contributed by atoms with Crippen LogP contribution in [-0.2, 0) is 12.8 Å². The van der Waals surface area contributed by atoms with Gasteiger partial charge in [-0.1, -0.05) is 23.2 Å². The van der Waals surface area contributed by atoms with Crippen molar-refractivity contribution in [2.45, 2.75) is 19.7 Å². The number of hydrogen-bond donors (Lipinski definition) is 0. The Morgan fingerprint density at radius 3 is 2.43 bits per heavy atom. The van der Waals surface area contributed by atoms with Crippen LogP contribution in [0.3, 0.4) is 0 Å². The van der Waals surface area contributed by atoms with Crippen molar-refractivity contribution in [3.63, 3.8) is 0 Å². The molecule has 0 atom stereocenters. The summed E-state index contributed by atoms with van der Waals surface area (Å²) >= 11 is 11.7. The lowest BCUT2D eigenvalue weighted by atomic mass is 10.2. The molecule has 0 aliphatic carbocycles. The van der Waals surface area contributed by atoms with Gasteiger partial charge in [0.15, 0.2) is 5.82 Å². The van der Waals surface area contributed by atoms with Gasteiger partial charge in [0, 0.05) is 30.1 Å². The Morgan fingerprint density at radius 1 is 1.10 bits per heavy atom. The molecule has 0 aliphatic heterocycles. The van der Waals surface area contributed by atoms with Crippen LogP contribution >= 0.6 is 23.2 Å². The molecule has 0 aliphatic rings. The summed E-state index contributed by atoms with van der Waals surface area (Å²) in [5.41, 5.74) is -3.01. The summed E-state index contributed by atoms with van der Waals surface area (Å²) in [6.07, 6.45) is -3.53. The normalized spacial score (nSPS) is 11.6. The number of alkyl halides is 3. The Kier molecular flexibility index (Phi) is 6.00. The van der Waals surface area contributed by atoms with Crippen molar-refractivity contribution in [1.29, 1.82) is 0 Å². The molecule has 0 saturated heterocycles. The summed E-state index contributed by atoms with van der Waals surface area (Å²) in [6, 6.07) is 2.68. The van der Waals surface area contributed by atoms with E-state index < -0.39 is 46.3 Å². The molecule has 0 fully saturated rings. The molecule has 158 valence electrons. The SMILES string of the molecule is Cc1cc(OCc2ncc(F)cc2F)c(Cl)c(=O)n1-c1cc(Cl)ncc1C(F)(F)F. The van der Waals surface area contributed by atoms with Gasteiger partial charge in [0.25, 0.3) is 5.56 Å². The molecular formula is C18H10Cl2F5N3O2. The quantitative estimate of drug-likeness (QED) is 0.396. The third kappa shape index (κ3) is 4.39. The molecule has 3 rings (SSSR count). The fourth-order valence-corrected chi connectivity index (χ4v) is 2.95. The topological polar surface area (TPSA) is 57.0 Å². The van der Waals surface area contributed by atoms with E-state index in [1.54, 1.807) is 0 Å². The lowest BCUT2D eigenvalue weighted by molar-refractivity contribution is -0.137. The number of pyridine rings is 3. The molecule has 0 aromatic carbocycles. The van der Waals surface area contributed by atoms with Gasteiger partial charge in [0.1, 0.15) is 34.0 Å². The van der Waals surface area contributed by atoms with Crippen molar-refractivity contribution in [1.82, 2.24) is 14.5 Å². The maximum absolute atomic E-state index is 13.7. The number of hydrogen-bond acceptors (Lipinski definition) is 4. The minimum absolute atomic E-state index is 0.0275. The number of nitrogens with zero attached hydrogens (tertiary/aromatic N) is 3. The van der Waals surface area contributed by atoms with E-state index in [1.807, 2.05) is 0 Å². The van der Waals surface area contributed by atoms with Gasteiger partial charge in [-0.25, -0.2) is 13.8 Å². The molecule has 0 radical (unpaired) electrons. The number of ether oxygens (including phenoxy) is 1. The van der Waals surface area contributed by atoms with Gasteiger partial charge in [-0.15, -0.1) is 0 Å². The maximum atomic E-state index is 13.7. The highest BCUT2D eigenvalue weighted by molar-refractivity contribution is 6.32. The van der Waals surface area contributed by atoms with E-state index in [1.165, 1.54) is 13.0 Å². The predicted molar refractivity (Wildman–Crippen MR) is 98.1 cm³/mol. The molecule has 0 N–H and O–H groups in total. The minimum atomic E-state index is -4.81. The highest BCUT2D eigenvalue weighted by atomic mass is 35.5. The van der Waals surface area contributed by atoms with Crippen LogP contribution in [0, 0.1) is 18.6 Å². The number of aryl methyl sites for hydroxylation is 1. The highest BCUT2D eigenvalue weighted by Crippen LogP contribution is 2.35. The van der Waals surface area contributed by atoms with Crippen molar-refractivity contribution >= 4 is 23.2 Å². The predicted octanol–water partition coefficient (Wildman–Crippen LogP) is 5.12. The van der Waals surface area contributed by atoms with Gasteiger partial charge < -0.3 is 4.74 Å². The summed E-state index contributed by atoms with van der Waals surface area (Å²) in [5, 5.41) is -0.817. The van der Waals surface area contributed by atoms with Crippen molar-refractivity contribution < 1.29 is 26.7 Å². The fourth-order valence-electron chi connectivity index (χ4n) is 2.60. The van der Waals surface area contributed by atoms with Crippen LogP contribution in [-0.4, -0.2) is 14.5 Å². The largest absolute Gasteiger partial charge is 0.485 e. The molecular weight excluding hydrogens is 456 g/mol. The van der Waals surface area contributed by atoms with Gasteiger partial charge in [0.05, 0.1) is 17.4 Å². The molecule has 0 saturated carbocycles. The van der Waals surface area contributed by atoms with Gasteiger partial charge in [-0.3, -0.25) is 14.3 Å². The van der Waals surface area contributed by atoms with E-state index in [0.29, 0.717) is 16.8 Å². The molecule has 0 unspecified atom stereocenters. The van der Waals surface area contributed by atoms with Crippen molar-refractivity contribution in [2.75, 3.05) is 0 Å². The molecule has 0 bridgehead atoms. The zero-order chi connectivity index (χ0) is 22.2. The highest BCUT2D eigenvalue weighted by Gasteiger charge is 2.35. The second kappa shape index (κ2) is 8.19. The Balaban J connectivity index is 2.04. The summed E-state index contributed by atoms with van der Waals surface area (Å²) in [5.74, 6) is -2.07. The second-order valence-corrected chi connectivity index (χ2v) is 6.76. The van der Waals surface area contributed by atoms with E-state index in [0.717, 1.165) is 12.3 Å². The van der Waals surface area contributed by atoms with Crippen LogP contribution in [0.25, 0.3) is 5.69 Å². The maximum Gasteiger partial charge on any atom is 0.419 e. The smallest absolute Gasteiger partial charge is 0.419 e. The van der Waals surface area contributed by atoms with Gasteiger partial charge >= 0.3 is 6.18 Å². The summed E-state index contributed by atoms with van der Waals surface area (Å²) < 4.78 is 72.7. The molecule has 3 heterocycles. The Morgan fingerprint density at radius 2 is 1.80 bits per heavy atom. The first-order valence-corrected chi connectivity index (χ1v) is 8.82. The van der Waals surface area contributed by atoms with Crippen LogP contribution in [0.5, 0.6) is 5.75 Å². The molecule has 3 aromatic heterocycles. The monoisotopic (exact) mass is 465 g/mol. The van der Waals surface area contributed by atoms with Crippen LogP contribution in [0.4, 0.5) is 22.0 Å². The first-order valence-electron chi connectivity index (χ1n) is 8.07. The summed E-state index contributed by atoms with van der Waals surface area (Å²) in [4.78, 5) is 19.6. The first kappa shape index (κ1) is 22.0. The molecule has 5 nitrogen and oxygen atoms in total. The third-order valence-corrected chi connectivity index (χ3v) is 4.50. The third-order valence-electron chi connectivity index (χ3n) is 3.94. The van der Waals surface area contributed by atoms with E-state index in [9.17, 15) is 26.7 Å². The molecule has 12 heteroatoms. The average molecular weight is 466 g/mol. The molecule has 0 spiro atoms. The van der Waals surface area contributed by atoms with Gasteiger partial charge in [0.2, 0.25) is 0 Å². The van der Waals surface area contributed by atoms with Crippen molar-refractivity contribution in [2.24, 2.45) is 0 Å². The number of halogens is 7. The van der Waals surface area contributed by atoms with Crippen molar-refractivity contribution in [3.05, 3.63) is 79.7 Å². The van der Waals surface area contributed by atoms with E-state index in [4.69, 9.17) is 27.9 Å². The van der Waals surface area contributed by atoms with Gasteiger partial charge in [-0.2, -0.15) is 13.2 Å². The minimum Gasteiger partial charge on any atom is -0.485 e. The zero-order valence-electron chi connectivity index (χ0n) is 14.9. The lowest BCUT2D eigenvalue weighted by Gasteiger charge is -2.18. The van der Waals surface area contributed by atoms with Crippen molar-refractivity contribution in [3.8, 4) is 11.4 Å². The van der Waals surface area contributed by atoms with Crippen LogP contribution in [0.2, 0.25) is 10.2 Å². The molecule has 30 heavy (non-hydrogen) atoms. The Hall–Kier alpha value is -2.72. The zero-order valence-corrected chi connectivity index (χ0v) is 16.4.